The highest BCUT2D eigenvalue weighted by molar-refractivity contribution is 7.09. The lowest BCUT2D eigenvalue weighted by molar-refractivity contribution is 0.477. The molecule has 0 aliphatic rings. The number of thiazole rings is 1. The van der Waals surface area contributed by atoms with Crippen molar-refractivity contribution in [3.05, 3.63) is 52.0 Å². The van der Waals surface area contributed by atoms with Gasteiger partial charge in [0.15, 0.2) is 0 Å². The van der Waals surface area contributed by atoms with E-state index in [0.29, 0.717) is 12.0 Å². The summed E-state index contributed by atoms with van der Waals surface area (Å²) in [5, 5.41) is 6.87. The lowest BCUT2D eigenvalue weighted by atomic mass is 9.93. The number of rotatable bonds is 5. The normalized spacial score (nSPS) is 14.4. The van der Waals surface area contributed by atoms with E-state index in [1.807, 2.05) is 0 Å². The van der Waals surface area contributed by atoms with Gasteiger partial charge >= 0.3 is 0 Å². The second kappa shape index (κ2) is 6.12. The van der Waals surface area contributed by atoms with E-state index < -0.39 is 0 Å². The SMILES string of the molecule is CCNC(c1nc(C)cs1)C(C)c1ccccc1. The molecule has 2 atom stereocenters. The molecule has 2 nitrogen and oxygen atoms in total. The standard InChI is InChI=1S/C15H20N2S/c1-4-16-14(15-17-11(2)10-18-15)12(3)13-8-6-5-7-9-13/h5-10,12,14,16H,4H2,1-3H3. The van der Waals surface area contributed by atoms with Crippen LogP contribution in [0.15, 0.2) is 35.7 Å². The lowest BCUT2D eigenvalue weighted by Gasteiger charge is -2.23. The summed E-state index contributed by atoms with van der Waals surface area (Å²) in [5.41, 5.74) is 2.47. The minimum absolute atomic E-state index is 0.302. The molecule has 0 saturated carbocycles. The molecule has 0 amide bonds. The Morgan fingerprint density at radius 3 is 2.56 bits per heavy atom. The second-order valence-electron chi connectivity index (χ2n) is 4.56. The summed E-state index contributed by atoms with van der Waals surface area (Å²) in [7, 11) is 0. The highest BCUT2D eigenvalue weighted by atomic mass is 32.1. The Morgan fingerprint density at radius 1 is 1.28 bits per heavy atom. The van der Waals surface area contributed by atoms with Crippen molar-refractivity contribution in [2.75, 3.05) is 6.54 Å². The van der Waals surface area contributed by atoms with E-state index in [1.54, 1.807) is 11.3 Å². The van der Waals surface area contributed by atoms with Gasteiger partial charge in [0.25, 0.3) is 0 Å². The van der Waals surface area contributed by atoms with Gasteiger partial charge in [-0.25, -0.2) is 4.98 Å². The van der Waals surface area contributed by atoms with Crippen molar-refractivity contribution in [3.8, 4) is 0 Å². The van der Waals surface area contributed by atoms with E-state index in [1.165, 1.54) is 10.6 Å². The van der Waals surface area contributed by atoms with E-state index in [4.69, 9.17) is 0 Å². The van der Waals surface area contributed by atoms with E-state index >= 15 is 0 Å². The molecule has 2 aromatic rings. The summed E-state index contributed by atoms with van der Waals surface area (Å²) in [4.78, 5) is 4.63. The van der Waals surface area contributed by atoms with Crippen LogP contribution in [0.25, 0.3) is 0 Å². The average Bonchev–Trinajstić information content (AvgIpc) is 2.82. The van der Waals surface area contributed by atoms with Crippen LogP contribution in [0, 0.1) is 6.92 Å². The summed E-state index contributed by atoms with van der Waals surface area (Å²) in [5.74, 6) is 0.427. The van der Waals surface area contributed by atoms with Crippen LogP contribution in [0.3, 0.4) is 0 Å². The summed E-state index contributed by atoms with van der Waals surface area (Å²) in [6.07, 6.45) is 0. The maximum absolute atomic E-state index is 4.63. The molecular formula is C15H20N2S. The molecule has 18 heavy (non-hydrogen) atoms. The first kappa shape index (κ1) is 13.2. The number of nitrogens with zero attached hydrogens (tertiary/aromatic N) is 1. The third-order valence-corrected chi connectivity index (χ3v) is 4.20. The Bertz CT molecular complexity index is 478. The minimum Gasteiger partial charge on any atom is -0.308 e. The fourth-order valence-corrected chi connectivity index (χ4v) is 3.14. The Kier molecular flexibility index (Phi) is 4.50. The van der Waals surface area contributed by atoms with Crippen molar-refractivity contribution in [1.82, 2.24) is 10.3 Å². The topological polar surface area (TPSA) is 24.9 Å². The summed E-state index contributed by atoms with van der Waals surface area (Å²) in [6.45, 7) is 7.42. The van der Waals surface area contributed by atoms with Crippen molar-refractivity contribution < 1.29 is 0 Å². The van der Waals surface area contributed by atoms with Crippen molar-refractivity contribution in [3.63, 3.8) is 0 Å². The monoisotopic (exact) mass is 260 g/mol. The van der Waals surface area contributed by atoms with Gasteiger partial charge in [0.2, 0.25) is 0 Å². The van der Waals surface area contributed by atoms with Gasteiger partial charge in [0.1, 0.15) is 5.01 Å². The Morgan fingerprint density at radius 2 is 2.00 bits per heavy atom. The van der Waals surface area contributed by atoms with E-state index in [2.05, 4.69) is 66.8 Å². The summed E-state index contributed by atoms with van der Waals surface area (Å²) in [6, 6.07) is 10.9. The van der Waals surface area contributed by atoms with Crippen LogP contribution in [0.4, 0.5) is 0 Å². The van der Waals surface area contributed by atoms with Crippen molar-refractivity contribution in [1.29, 1.82) is 0 Å². The fourth-order valence-electron chi connectivity index (χ4n) is 2.16. The number of hydrogen-bond acceptors (Lipinski definition) is 3. The largest absolute Gasteiger partial charge is 0.308 e. The number of aromatic nitrogens is 1. The van der Waals surface area contributed by atoms with E-state index in [0.717, 1.165) is 12.2 Å². The molecule has 2 rings (SSSR count). The number of likely N-dealkylation sites (N-methyl/N-ethyl adjacent to an activating group) is 1. The first-order valence-corrected chi connectivity index (χ1v) is 7.30. The van der Waals surface area contributed by atoms with Gasteiger partial charge in [-0.1, -0.05) is 44.2 Å². The molecular weight excluding hydrogens is 240 g/mol. The molecule has 0 saturated heterocycles. The second-order valence-corrected chi connectivity index (χ2v) is 5.45. The molecule has 0 aliphatic carbocycles. The van der Waals surface area contributed by atoms with Crippen LogP contribution < -0.4 is 5.32 Å². The van der Waals surface area contributed by atoms with Crippen LogP contribution in [0.2, 0.25) is 0 Å². The first-order valence-electron chi connectivity index (χ1n) is 6.42. The van der Waals surface area contributed by atoms with Gasteiger partial charge in [0.05, 0.1) is 6.04 Å². The maximum atomic E-state index is 4.63. The van der Waals surface area contributed by atoms with Gasteiger partial charge in [-0.05, 0) is 19.0 Å². The van der Waals surface area contributed by atoms with Crippen LogP contribution in [0.5, 0.6) is 0 Å². The molecule has 2 unspecified atom stereocenters. The van der Waals surface area contributed by atoms with Gasteiger partial charge in [0, 0.05) is 17.0 Å². The molecule has 0 spiro atoms. The Labute approximate surface area is 113 Å². The van der Waals surface area contributed by atoms with Gasteiger partial charge < -0.3 is 5.32 Å². The van der Waals surface area contributed by atoms with E-state index in [9.17, 15) is 0 Å². The first-order chi connectivity index (χ1) is 8.72. The molecule has 96 valence electrons. The number of nitrogens with one attached hydrogen (secondary N) is 1. The van der Waals surface area contributed by atoms with Crippen molar-refractivity contribution >= 4 is 11.3 Å². The van der Waals surface area contributed by atoms with E-state index in [-0.39, 0.29) is 0 Å². The predicted octanol–water partition coefficient (Wildman–Crippen LogP) is 3.91. The van der Waals surface area contributed by atoms with Crippen LogP contribution in [-0.4, -0.2) is 11.5 Å². The minimum atomic E-state index is 0.302. The van der Waals surface area contributed by atoms with Crippen LogP contribution in [-0.2, 0) is 0 Å². The molecule has 1 aromatic carbocycles. The summed E-state index contributed by atoms with van der Waals surface area (Å²) >= 11 is 1.75. The zero-order valence-electron chi connectivity index (χ0n) is 11.2. The molecule has 0 aliphatic heterocycles. The molecule has 0 fully saturated rings. The molecule has 3 heteroatoms. The van der Waals surface area contributed by atoms with Crippen LogP contribution >= 0.6 is 11.3 Å². The van der Waals surface area contributed by atoms with Gasteiger partial charge in [-0.15, -0.1) is 11.3 Å². The number of aryl methyl sites for hydroxylation is 1. The molecule has 1 N–H and O–H groups in total. The third kappa shape index (κ3) is 2.98. The van der Waals surface area contributed by atoms with Crippen molar-refractivity contribution in [2.24, 2.45) is 0 Å². The summed E-state index contributed by atoms with van der Waals surface area (Å²) < 4.78 is 0. The van der Waals surface area contributed by atoms with Crippen LogP contribution in [0.1, 0.15) is 42.1 Å². The number of hydrogen-bond donors (Lipinski definition) is 1. The van der Waals surface area contributed by atoms with Crippen molar-refractivity contribution in [2.45, 2.75) is 32.7 Å². The quantitative estimate of drug-likeness (QED) is 0.881. The number of benzene rings is 1. The predicted molar refractivity (Wildman–Crippen MR) is 78.1 cm³/mol. The molecule has 0 radical (unpaired) electrons. The Balaban J connectivity index is 2.25. The van der Waals surface area contributed by atoms with Gasteiger partial charge in [-0.2, -0.15) is 0 Å². The fraction of sp³-hybridized carbons (Fsp3) is 0.400. The average molecular weight is 260 g/mol. The lowest BCUT2D eigenvalue weighted by Crippen LogP contribution is -2.25. The Hall–Kier alpha value is -1.19. The highest BCUT2D eigenvalue weighted by Crippen LogP contribution is 2.32. The molecule has 1 aromatic heterocycles. The zero-order chi connectivity index (χ0) is 13.0. The molecule has 0 bridgehead atoms. The maximum Gasteiger partial charge on any atom is 0.110 e. The third-order valence-electron chi connectivity index (χ3n) is 3.15. The highest BCUT2D eigenvalue weighted by Gasteiger charge is 2.22. The molecule has 1 heterocycles. The smallest absolute Gasteiger partial charge is 0.110 e. The van der Waals surface area contributed by atoms with Gasteiger partial charge in [-0.3, -0.25) is 0 Å². The zero-order valence-corrected chi connectivity index (χ0v) is 12.0.